The first-order valence-electron chi connectivity index (χ1n) is 7.28. The van der Waals surface area contributed by atoms with Gasteiger partial charge in [-0.1, -0.05) is 11.6 Å². The van der Waals surface area contributed by atoms with Crippen LogP contribution < -0.4 is 9.47 Å². The Morgan fingerprint density at radius 3 is 2.78 bits per heavy atom. The molecule has 6 nitrogen and oxygen atoms in total. The van der Waals surface area contributed by atoms with Crippen LogP contribution in [0.15, 0.2) is 18.2 Å². The predicted octanol–water partition coefficient (Wildman–Crippen LogP) is 3.24. The van der Waals surface area contributed by atoms with E-state index in [0.717, 1.165) is 12.8 Å². The summed E-state index contributed by atoms with van der Waals surface area (Å²) in [5, 5.41) is 13.6. The van der Waals surface area contributed by atoms with E-state index in [2.05, 4.69) is 5.10 Å². The van der Waals surface area contributed by atoms with Crippen molar-refractivity contribution >= 4 is 17.6 Å². The molecule has 0 unspecified atom stereocenters. The highest BCUT2D eigenvalue weighted by atomic mass is 35.5. The van der Waals surface area contributed by atoms with Gasteiger partial charge in [0.2, 0.25) is 0 Å². The molecule has 0 aliphatic heterocycles. The maximum absolute atomic E-state index is 11.1. The van der Waals surface area contributed by atoms with Crippen LogP contribution in [0.4, 0.5) is 0 Å². The molecular weight excluding hydrogens is 320 g/mol. The van der Waals surface area contributed by atoms with E-state index in [0.29, 0.717) is 40.3 Å². The van der Waals surface area contributed by atoms with Gasteiger partial charge in [-0.05, 0) is 37.0 Å². The van der Waals surface area contributed by atoms with Gasteiger partial charge < -0.3 is 14.6 Å². The zero-order valence-electron chi connectivity index (χ0n) is 12.9. The van der Waals surface area contributed by atoms with Crippen molar-refractivity contribution < 1.29 is 19.4 Å². The number of rotatable bonds is 6. The zero-order chi connectivity index (χ0) is 16.6. The van der Waals surface area contributed by atoms with E-state index in [1.165, 1.54) is 10.7 Å². The number of carboxylic acids is 1. The number of nitrogens with zero attached hydrogens (tertiary/aromatic N) is 2. The average Bonchev–Trinajstić information content (AvgIpc) is 3.27. The molecule has 122 valence electrons. The highest BCUT2D eigenvalue weighted by Gasteiger charge is 2.26. The van der Waals surface area contributed by atoms with Gasteiger partial charge >= 0.3 is 5.97 Å². The number of carboxylic acid groups (broad SMARTS) is 1. The maximum atomic E-state index is 11.1. The van der Waals surface area contributed by atoms with Gasteiger partial charge in [-0.3, -0.25) is 4.68 Å². The van der Waals surface area contributed by atoms with Crippen LogP contribution in [0.3, 0.4) is 0 Å². The number of ether oxygens (including phenoxy) is 2. The molecular formula is C16H17ClN2O4. The van der Waals surface area contributed by atoms with Crippen LogP contribution in [0.1, 0.15) is 23.3 Å². The second kappa shape index (κ2) is 6.12. The van der Waals surface area contributed by atoms with Gasteiger partial charge in [0.05, 0.1) is 30.0 Å². The molecule has 1 aliphatic carbocycles. The van der Waals surface area contributed by atoms with E-state index in [1.807, 2.05) is 0 Å². The normalized spacial score (nSPS) is 13.9. The molecule has 1 heterocycles. The fraction of sp³-hybridized carbons (Fsp3) is 0.375. The Morgan fingerprint density at radius 2 is 2.22 bits per heavy atom. The average molecular weight is 337 g/mol. The summed E-state index contributed by atoms with van der Waals surface area (Å²) in [7, 11) is 3.23. The molecule has 1 fully saturated rings. The molecule has 23 heavy (non-hydrogen) atoms. The van der Waals surface area contributed by atoms with Gasteiger partial charge in [0, 0.05) is 7.05 Å². The van der Waals surface area contributed by atoms with Crippen LogP contribution in [0, 0.1) is 5.92 Å². The van der Waals surface area contributed by atoms with Crippen molar-refractivity contribution in [3.05, 3.63) is 28.9 Å². The Bertz CT molecular complexity index is 753. The summed E-state index contributed by atoms with van der Waals surface area (Å²) >= 11 is 6.36. The van der Waals surface area contributed by atoms with Crippen molar-refractivity contribution in [3.8, 4) is 22.8 Å². The lowest BCUT2D eigenvalue weighted by Gasteiger charge is -2.16. The molecule has 1 aromatic carbocycles. The SMILES string of the molecule is COc1ccc(Cl)c(-c2cc(C(=O)O)nn2C)c1OCC1CC1. The molecule has 1 saturated carbocycles. The Morgan fingerprint density at radius 1 is 1.48 bits per heavy atom. The third kappa shape index (κ3) is 3.12. The Labute approximate surface area is 138 Å². The first-order valence-corrected chi connectivity index (χ1v) is 7.66. The first kappa shape index (κ1) is 15.7. The highest BCUT2D eigenvalue weighted by molar-refractivity contribution is 6.33. The first-order chi connectivity index (χ1) is 11.0. The van der Waals surface area contributed by atoms with Gasteiger partial charge in [0.1, 0.15) is 0 Å². The fourth-order valence-electron chi connectivity index (χ4n) is 2.37. The van der Waals surface area contributed by atoms with Crippen molar-refractivity contribution in [2.24, 2.45) is 13.0 Å². The zero-order valence-corrected chi connectivity index (χ0v) is 13.6. The van der Waals surface area contributed by atoms with E-state index in [1.54, 1.807) is 26.3 Å². The van der Waals surface area contributed by atoms with Crippen molar-refractivity contribution in [1.29, 1.82) is 0 Å². The molecule has 3 rings (SSSR count). The molecule has 0 atom stereocenters. The third-order valence-corrected chi connectivity index (χ3v) is 4.12. The van der Waals surface area contributed by atoms with E-state index >= 15 is 0 Å². The van der Waals surface area contributed by atoms with E-state index in [-0.39, 0.29) is 5.69 Å². The molecule has 1 aromatic heterocycles. The number of aromatic carboxylic acids is 1. The van der Waals surface area contributed by atoms with Crippen LogP contribution in [0.25, 0.3) is 11.3 Å². The fourth-order valence-corrected chi connectivity index (χ4v) is 2.62. The monoisotopic (exact) mass is 336 g/mol. The smallest absolute Gasteiger partial charge is 0.356 e. The summed E-state index contributed by atoms with van der Waals surface area (Å²) in [6.07, 6.45) is 2.32. The number of halogens is 1. The number of methoxy groups -OCH3 is 1. The summed E-state index contributed by atoms with van der Waals surface area (Å²) in [4.78, 5) is 11.1. The topological polar surface area (TPSA) is 73.6 Å². The quantitative estimate of drug-likeness (QED) is 0.876. The minimum Gasteiger partial charge on any atom is -0.493 e. The largest absolute Gasteiger partial charge is 0.493 e. The molecule has 0 bridgehead atoms. The minimum absolute atomic E-state index is 0.0467. The molecule has 1 N–H and O–H groups in total. The number of aryl methyl sites for hydroxylation is 1. The molecule has 0 spiro atoms. The van der Waals surface area contributed by atoms with Gasteiger partial charge in [-0.25, -0.2) is 4.79 Å². The summed E-state index contributed by atoms with van der Waals surface area (Å²) in [6.45, 7) is 0.591. The second-order valence-corrected chi connectivity index (χ2v) is 5.96. The number of aromatic nitrogens is 2. The lowest BCUT2D eigenvalue weighted by molar-refractivity contribution is 0.0689. The minimum atomic E-state index is -1.09. The summed E-state index contributed by atoms with van der Waals surface area (Å²) < 4.78 is 12.8. The van der Waals surface area contributed by atoms with Gasteiger partial charge in [0.25, 0.3) is 0 Å². The molecule has 1 aliphatic rings. The summed E-state index contributed by atoms with van der Waals surface area (Å²) in [5.74, 6) is 0.550. The van der Waals surface area contributed by atoms with Crippen LogP contribution in [-0.4, -0.2) is 34.6 Å². The van der Waals surface area contributed by atoms with Crippen LogP contribution in [-0.2, 0) is 7.05 Å². The van der Waals surface area contributed by atoms with Crippen LogP contribution in [0.5, 0.6) is 11.5 Å². The Balaban J connectivity index is 2.10. The van der Waals surface area contributed by atoms with Crippen molar-refractivity contribution in [3.63, 3.8) is 0 Å². The summed E-state index contributed by atoms with van der Waals surface area (Å²) in [5.41, 5.74) is 1.11. The number of benzene rings is 1. The molecule has 2 aromatic rings. The molecule has 7 heteroatoms. The Hall–Kier alpha value is -2.21. The van der Waals surface area contributed by atoms with Crippen LogP contribution in [0.2, 0.25) is 5.02 Å². The van der Waals surface area contributed by atoms with Gasteiger partial charge in [0.15, 0.2) is 17.2 Å². The molecule has 0 radical (unpaired) electrons. The van der Waals surface area contributed by atoms with Crippen molar-refractivity contribution in [1.82, 2.24) is 9.78 Å². The van der Waals surface area contributed by atoms with E-state index < -0.39 is 5.97 Å². The Kier molecular flexibility index (Phi) is 4.17. The maximum Gasteiger partial charge on any atom is 0.356 e. The van der Waals surface area contributed by atoms with Crippen molar-refractivity contribution in [2.75, 3.05) is 13.7 Å². The summed E-state index contributed by atoms with van der Waals surface area (Å²) in [6, 6.07) is 4.92. The third-order valence-electron chi connectivity index (χ3n) is 3.81. The number of carbonyl (C=O) groups is 1. The highest BCUT2D eigenvalue weighted by Crippen LogP contribution is 2.44. The van der Waals surface area contributed by atoms with E-state index in [9.17, 15) is 4.79 Å². The molecule has 0 amide bonds. The standard InChI is InChI=1S/C16H17ClN2O4/c1-19-12(7-11(18-19)16(20)21)14-10(17)5-6-13(22-2)15(14)23-8-9-3-4-9/h5-7,9H,3-4,8H2,1-2H3,(H,20,21). The second-order valence-electron chi connectivity index (χ2n) is 5.55. The lowest BCUT2D eigenvalue weighted by atomic mass is 10.1. The van der Waals surface area contributed by atoms with E-state index in [4.69, 9.17) is 26.2 Å². The number of hydrogen-bond acceptors (Lipinski definition) is 4. The van der Waals surface area contributed by atoms with Crippen LogP contribution >= 0.6 is 11.6 Å². The number of hydrogen-bond donors (Lipinski definition) is 1. The van der Waals surface area contributed by atoms with Gasteiger partial charge in [-0.15, -0.1) is 0 Å². The molecule has 0 saturated heterocycles. The predicted molar refractivity (Wildman–Crippen MR) is 85.4 cm³/mol. The van der Waals surface area contributed by atoms with Gasteiger partial charge in [-0.2, -0.15) is 5.10 Å². The lowest BCUT2D eigenvalue weighted by Crippen LogP contribution is -2.04. The van der Waals surface area contributed by atoms with Crippen molar-refractivity contribution in [2.45, 2.75) is 12.8 Å².